The zero-order chi connectivity index (χ0) is 59.9. The summed E-state index contributed by atoms with van der Waals surface area (Å²) in [5.74, 6) is -0.0181. The number of amides is 1. The van der Waals surface area contributed by atoms with E-state index in [2.05, 4.69) is 55.6 Å². The fourth-order valence-corrected chi connectivity index (χ4v) is 11.9. The van der Waals surface area contributed by atoms with Gasteiger partial charge in [-0.25, -0.2) is 0 Å². The molecular formula is C77H147NO5. The standard InChI is InChI=1S/C77H147NO5/c1-3-5-7-9-11-13-15-17-19-21-33-37-41-45-49-53-57-61-65-69-75(80)74(73-79)78-76(81)70-66-62-58-54-50-46-42-38-35-31-29-27-25-23-24-26-28-30-32-36-40-44-48-52-56-60-64-68-72-83-77(82)71-67-63-59-55-51-47-43-39-34-22-20-18-16-14-12-10-8-6-4-2/h12,14,18,20,23-24,74-75,79-80H,3-11,13,15-17,19,21-22,25-73H2,1-2H3,(H,78,81)/b14-12-,20-18-,24-23-. The molecule has 6 nitrogen and oxygen atoms in total. The molecule has 6 heteroatoms. The van der Waals surface area contributed by atoms with Crippen LogP contribution in [0, 0.1) is 0 Å². The first-order valence-electron chi connectivity index (χ1n) is 37.7. The van der Waals surface area contributed by atoms with E-state index in [9.17, 15) is 19.8 Å². The van der Waals surface area contributed by atoms with Crippen LogP contribution in [-0.2, 0) is 14.3 Å². The van der Waals surface area contributed by atoms with Crippen molar-refractivity contribution in [2.45, 2.75) is 431 Å². The number of rotatable bonds is 71. The molecule has 0 spiro atoms. The maximum absolute atomic E-state index is 12.5. The molecule has 0 saturated carbocycles. The van der Waals surface area contributed by atoms with Gasteiger partial charge in [-0.15, -0.1) is 0 Å². The number of hydrogen-bond acceptors (Lipinski definition) is 5. The molecule has 0 aliphatic heterocycles. The highest BCUT2D eigenvalue weighted by Crippen LogP contribution is 2.19. The van der Waals surface area contributed by atoms with Gasteiger partial charge in [0.25, 0.3) is 0 Å². The third kappa shape index (κ3) is 69.1. The number of carbonyl (C=O) groups excluding carboxylic acids is 2. The van der Waals surface area contributed by atoms with Crippen LogP contribution < -0.4 is 5.32 Å². The SMILES string of the molecule is CCCCC/C=C\C/C=C\CCCCCCCCCCCC(=O)OCCCCCCCCCCCCCC/C=C\CCCCCCCCCCCCCCC(=O)NC(CO)C(O)CCCCCCCCCCCCCCCCCCCCC. The van der Waals surface area contributed by atoms with Crippen LogP contribution in [-0.4, -0.2) is 47.4 Å². The number of aliphatic hydroxyl groups excluding tert-OH is 2. The molecule has 1 amide bonds. The average molecular weight is 1170 g/mol. The summed E-state index contributed by atoms with van der Waals surface area (Å²) in [6.07, 6.45) is 93.5. The van der Waals surface area contributed by atoms with Gasteiger partial charge in [0.2, 0.25) is 5.91 Å². The second-order valence-corrected chi connectivity index (χ2v) is 26.0. The van der Waals surface area contributed by atoms with E-state index in [0.717, 1.165) is 51.4 Å². The minimum Gasteiger partial charge on any atom is -0.466 e. The Morgan fingerprint density at radius 1 is 0.337 bits per heavy atom. The fourth-order valence-electron chi connectivity index (χ4n) is 11.9. The first kappa shape index (κ1) is 81.1. The van der Waals surface area contributed by atoms with Crippen LogP contribution in [0.2, 0.25) is 0 Å². The van der Waals surface area contributed by atoms with Gasteiger partial charge in [0.05, 0.1) is 25.4 Å². The van der Waals surface area contributed by atoms with Crippen molar-refractivity contribution in [3.63, 3.8) is 0 Å². The van der Waals surface area contributed by atoms with E-state index < -0.39 is 12.1 Å². The van der Waals surface area contributed by atoms with E-state index in [1.807, 2.05) is 0 Å². The summed E-state index contributed by atoms with van der Waals surface area (Å²) in [6, 6.07) is -0.542. The van der Waals surface area contributed by atoms with E-state index in [1.165, 1.54) is 334 Å². The quantitative estimate of drug-likeness (QED) is 0.0320. The molecule has 3 N–H and O–H groups in total. The molecule has 2 atom stereocenters. The van der Waals surface area contributed by atoms with Crippen LogP contribution >= 0.6 is 0 Å². The van der Waals surface area contributed by atoms with Crippen molar-refractivity contribution in [2.75, 3.05) is 13.2 Å². The van der Waals surface area contributed by atoms with Gasteiger partial charge in [0.15, 0.2) is 0 Å². The van der Waals surface area contributed by atoms with Crippen LogP contribution in [0.1, 0.15) is 418 Å². The Hall–Kier alpha value is -1.92. The smallest absolute Gasteiger partial charge is 0.305 e. The van der Waals surface area contributed by atoms with Gasteiger partial charge in [0.1, 0.15) is 0 Å². The molecule has 0 aromatic carbocycles. The van der Waals surface area contributed by atoms with Crippen molar-refractivity contribution in [1.29, 1.82) is 0 Å². The Balaban J connectivity index is 3.37. The van der Waals surface area contributed by atoms with Crippen molar-refractivity contribution in [3.05, 3.63) is 36.5 Å². The van der Waals surface area contributed by atoms with E-state index in [-0.39, 0.29) is 18.5 Å². The first-order chi connectivity index (χ1) is 41.0. The van der Waals surface area contributed by atoms with Crippen molar-refractivity contribution < 1.29 is 24.5 Å². The Bertz CT molecular complexity index is 1340. The van der Waals surface area contributed by atoms with Crippen molar-refractivity contribution in [1.82, 2.24) is 5.32 Å². The molecule has 0 heterocycles. The molecular weight excluding hydrogens is 1020 g/mol. The van der Waals surface area contributed by atoms with Gasteiger partial charge in [-0.3, -0.25) is 9.59 Å². The topological polar surface area (TPSA) is 95.9 Å². The molecule has 0 fully saturated rings. The van der Waals surface area contributed by atoms with Crippen molar-refractivity contribution >= 4 is 11.9 Å². The fraction of sp³-hybridized carbons (Fsp3) is 0.896. The number of ether oxygens (including phenoxy) is 1. The van der Waals surface area contributed by atoms with Crippen molar-refractivity contribution in [2.24, 2.45) is 0 Å². The Kier molecular flexibility index (Phi) is 70.9. The normalized spacial score (nSPS) is 12.7. The number of esters is 1. The summed E-state index contributed by atoms with van der Waals surface area (Å²) in [5.41, 5.74) is 0. The maximum Gasteiger partial charge on any atom is 0.305 e. The summed E-state index contributed by atoms with van der Waals surface area (Å²) >= 11 is 0. The number of unbranched alkanes of at least 4 members (excludes halogenated alkanes) is 54. The predicted octanol–water partition coefficient (Wildman–Crippen LogP) is 24.7. The van der Waals surface area contributed by atoms with E-state index in [0.29, 0.717) is 25.9 Å². The van der Waals surface area contributed by atoms with E-state index in [4.69, 9.17) is 4.74 Å². The van der Waals surface area contributed by atoms with Crippen LogP contribution in [0.3, 0.4) is 0 Å². The largest absolute Gasteiger partial charge is 0.466 e. The predicted molar refractivity (Wildman–Crippen MR) is 366 cm³/mol. The Morgan fingerprint density at radius 2 is 0.602 bits per heavy atom. The third-order valence-electron chi connectivity index (χ3n) is 17.7. The average Bonchev–Trinajstić information content (AvgIpc) is 3.49. The molecule has 2 unspecified atom stereocenters. The van der Waals surface area contributed by atoms with Gasteiger partial charge in [-0.05, 0) is 83.5 Å². The van der Waals surface area contributed by atoms with Gasteiger partial charge in [-0.1, -0.05) is 359 Å². The molecule has 0 bridgehead atoms. The summed E-state index contributed by atoms with van der Waals surface area (Å²) in [7, 11) is 0. The van der Waals surface area contributed by atoms with Crippen LogP contribution in [0.4, 0.5) is 0 Å². The minimum atomic E-state index is -0.665. The minimum absolute atomic E-state index is 0.0128. The highest BCUT2D eigenvalue weighted by Gasteiger charge is 2.20. The number of aliphatic hydroxyl groups is 2. The molecule has 0 aliphatic rings. The molecule has 0 aromatic heterocycles. The number of nitrogens with one attached hydrogen (secondary N) is 1. The lowest BCUT2D eigenvalue weighted by atomic mass is 10.0. The molecule has 490 valence electrons. The second-order valence-electron chi connectivity index (χ2n) is 26.0. The lowest BCUT2D eigenvalue weighted by Gasteiger charge is -2.22. The first-order valence-corrected chi connectivity index (χ1v) is 37.7. The van der Waals surface area contributed by atoms with Crippen LogP contribution in [0.25, 0.3) is 0 Å². The van der Waals surface area contributed by atoms with E-state index >= 15 is 0 Å². The van der Waals surface area contributed by atoms with Gasteiger partial charge >= 0.3 is 5.97 Å². The summed E-state index contributed by atoms with van der Waals surface area (Å²) in [4.78, 5) is 24.7. The number of hydrogen-bond donors (Lipinski definition) is 3. The summed E-state index contributed by atoms with van der Waals surface area (Å²) < 4.78 is 5.51. The molecule has 0 radical (unpaired) electrons. The van der Waals surface area contributed by atoms with Crippen molar-refractivity contribution in [3.8, 4) is 0 Å². The Morgan fingerprint density at radius 3 is 0.952 bits per heavy atom. The monoisotopic (exact) mass is 1170 g/mol. The molecule has 0 aliphatic carbocycles. The van der Waals surface area contributed by atoms with Gasteiger partial charge in [0, 0.05) is 12.8 Å². The highest BCUT2D eigenvalue weighted by molar-refractivity contribution is 5.76. The lowest BCUT2D eigenvalue weighted by molar-refractivity contribution is -0.143. The van der Waals surface area contributed by atoms with Crippen LogP contribution in [0.15, 0.2) is 36.5 Å². The lowest BCUT2D eigenvalue weighted by Crippen LogP contribution is -2.45. The zero-order valence-corrected chi connectivity index (χ0v) is 56.2. The number of allylic oxidation sites excluding steroid dienone is 6. The molecule has 0 aromatic rings. The second kappa shape index (κ2) is 72.6. The summed E-state index contributed by atoms with van der Waals surface area (Å²) in [6.45, 7) is 4.97. The number of carbonyl (C=O) groups is 2. The van der Waals surface area contributed by atoms with Gasteiger partial charge in [-0.2, -0.15) is 0 Å². The molecule has 0 rings (SSSR count). The maximum atomic E-state index is 12.5. The molecule has 0 saturated heterocycles. The van der Waals surface area contributed by atoms with Gasteiger partial charge < -0.3 is 20.3 Å². The van der Waals surface area contributed by atoms with E-state index in [1.54, 1.807) is 0 Å². The zero-order valence-electron chi connectivity index (χ0n) is 56.2. The van der Waals surface area contributed by atoms with Crippen LogP contribution in [0.5, 0.6) is 0 Å². The highest BCUT2D eigenvalue weighted by atomic mass is 16.5. The molecule has 83 heavy (non-hydrogen) atoms. The third-order valence-corrected chi connectivity index (χ3v) is 17.7. The summed E-state index contributed by atoms with van der Waals surface area (Å²) in [5, 5.41) is 23.4. The Labute approximate surface area is 519 Å².